The van der Waals surface area contributed by atoms with Gasteiger partial charge in [0, 0.05) is 48.5 Å². The highest BCUT2D eigenvalue weighted by Gasteiger charge is 2.38. The third-order valence-electron chi connectivity index (χ3n) is 8.37. The van der Waals surface area contributed by atoms with Crippen LogP contribution in [-0.4, -0.2) is 41.2 Å². The number of rotatable bonds is 9. The van der Waals surface area contributed by atoms with Gasteiger partial charge < -0.3 is 5.32 Å². The highest BCUT2D eigenvalue weighted by molar-refractivity contribution is 9.10. The maximum Gasteiger partial charge on any atom is 0.419 e. The predicted octanol–water partition coefficient (Wildman–Crippen LogP) is 8.17. The number of hydrogen-bond donors (Lipinski definition) is 1. The Labute approximate surface area is 284 Å². The zero-order chi connectivity index (χ0) is 35.8. The average Bonchev–Trinajstić information content (AvgIpc) is 2.98. The van der Waals surface area contributed by atoms with Crippen molar-refractivity contribution in [2.24, 2.45) is 0 Å². The lowest BCUT2D eigenvalue weighted by Gasteiger charge is -2.34. The number of aryl methyl sites for hydroxylation is 2. The van der Waals surface area contributed by atoms with Crippen molar-refractivity contribution in [3.05, 3.63) is 126 Å². The number of pyridine rings is 1. The summed E-state index contributed by atoms with van der Waals surface area (Å²) in [5, 5.41) is 2.41. The Morgan fingerprint density at radius 3 is 2.24 bits per heavy atom. The van der Waals surface area contributed by atoms with Gasteiger partial charge in [-0.3, -0.25) is 19.1 Å². The van der Waals surface area contributed by atoms with E-state index in [1.54, 1.807) is 36.1 Å². The van der Waals surface area contributed by atoms with Gasteiger partial charge in [-0.1, -0.05) is 51.8 Å². The van der Waals surface area contributed by atoms with Gasteiger partial charge in [0.25, 0.3) is 5.56 Å². The number of benzene rings is 3. The largest absolute Gasteiger partial charge is 0.419 e. The van der Waals surface area contributed by atoms with Crippen molar-refractivity contribution in [2.75, 3.05) is 19.6 Å². The maximum absolute atomic E-state index is 15.4. The lowest BCUT2D eigenvalue weighted by Crippen LogP contribution is -2.49. The normalized spacial score (nSPS) is 14.8. The van der Waals surface area contributed by atoms with Crippen LogP contribution in [0.1, 0.15) is 45.0 Å². The van der Waals surface area contributed by atoms with Crippen LogP contribution in [0.25, 0.3) is 11.1 Å². The first-order valence-corrected chi connectivity index (χ1v) is 15.9. The first kappa shape index (κ1) is 36.2. The van der Waals surface area contributed by atoms with Gasteiger partial charge in [-0.25, -0.2) is 8.78 Å². The van der Waals surface area contributed by atoms with E-state index in [2.05, 4.69) is 21.2 Å². The molecule has 0 aliphatic carbocycles. The Morgan fingerprint density at radius 1 is 0.939 bits per heavy atom. The second-order valence-electron chi connectivity index (χ2n) is 12.1. The van der Waals surface area contributed by atoms with Crippen molar-refractivity contribution in [1.29, 1.82) is 0 Å². The van der Waals surface area contributed by atoms with Crippen LogP contribution in [0.2, 0.25) is 0 Å². The van der Waals surface area contributed by atoms with E-state index in [1.165, 1.54) is 24.3 Å². The zero-order valence-electron chi connectivity index (χ0n) is 26.2. The fourth-order valence-corrected chi connectivity index (χ4v) is 6.35. The molecule has 1 fully saturated rings. The van der Waals surface area contributed by atoms with Crippen LogP contribution in [0.4, 0.5) is 35.1 Å². The van der Waals surface area contributed by atoms with Crippen molar-refractivity contribution in [3.8, 4) is 11.1 Å². The molecule has 5 rings (SSSR count). The molecule has 0 radical (unpaired) electrons. The third-order valence-corrected chi connectivity index (χ3v) is 8.86. The highest BCUT2D eigenvalue weighted by Crippen LogP contribution is 2.37. The van der Waals surface area contributed by atoms with Gasteiger partial charge in [-0.15, -0.1) is 0 Å². The molecule has 2 heterocycles. The lowest BCUT2D eigenvalue weighted by molar-refractivity contribution is -0.140. The number of amides is 1. The maximum atomic E-state index is 15.4. The van der Waals surface area contributed by atoms with Crippen LogP contribution in [0, 0.1) is 19.7 Å². The summed E-state index contributed by atoms with van der Waals surface area (Å²) >= 11 is 3.27. The quantitative estimate of drug-likeness (QED) is 0.176. The Bertz CT molecular complexity index is 1930. The van der Waals surface area contributed by atoms with Crippen molar-refractivity contribution < 1.29 is 39.9 Å². The molecule has 0 bridgehead atoms. The molecule has 1 aliphatic rings. The van der Waals surface area contributed by atoms with E-state index in [4.69, 9.17) is 0 Å². The first-order chi connectivity index (χ1) is 22.9. The Kier molecular flexibility index (Phi) is 10.4. The fourth-order valence-electron chi connectivity index (χ4n) is 5.93. The number of halogens is 9. The number of carbonyl (C=O) groups excluding carboxylic acids is 1. The molecule has 1 N–H and O–H groups in total. The minimum atomic E-state index is -5.07. The van der Waals surface area contributed by atoms with Gasteiger partial charge in [0.15, 0.2) is 0 Å². The zero-order valence-corrected chi connectivity index (χ0v) is 27.7. The van der Waals surface area contributed by atoms with Crippen LogP contribution >= 0.6 is 15.9 Å². The van der Waals surface area contributed by atoms with Gasteiger partial charge in [0.2, 0.25) is 5.91 Å². The van der Waals surface area contributed by atoms with Crippen LogP contribution in [-0.2, 0) is 30.1 Å². The minimum Gasteiger partial charge on any atom is -0.350 e. The number of carbonyl (C=O) groups is 1. The van der Waals surface area contributed by atoms with Gasteiger partial charge >= 0.3 is 12.4 Å². The minimum absolute atomic E-state index is 0.0569. The number of alkyl halides is 7. The molecule has 0 spiro atoms. The number of nitrogens with one attached hydrogen (secondary N) is 1. The average molecular weight is 757 g/mol. The van der Waals surface area contributed by atoms with Gasteiger partial charge in [-0.05, 0) is 72.4 Å². The van der Waals surface area contributed by atoms with Gasteiger partial charge in [0.1, 0.15) is 18.0 Å². The van der Waals surface area contributed by atoms with E-state index in [1.807, 2.05) is 6.92 Å². The molecule has 1 atom stereocenters. The smallest absolute Gasteiger partial charge is 0.350 e. The Morgan fingerprint density at radius 2 is 1.63 bits per heavy atom. The molecule has 14 heteroatoms. The predicted molar refractivity (Wildman–Crippen MR) is 171 cm³/mol. The van der Waals surface area contributed by atoms with E-state index in [9.17, 15) is 40.3 Å². The molecule has 1 unspecified atom stereocenters. The second kappa shape index (κ2) is 14.1. The van der Waals surface area contributed by atoms with Crippen molar-refractivity contribution in [1.82, 2.24) is 14.8 Å². The standard InChI is InChI=1S/C35H30BrF8N3O2/c1-19-6-7-27(20(2)10-19)23-11-24(31(38)29(13-23)35(42,43)44)15-45-33(49)32(21-4-3-5-25(36)12-21)47-16-22(8-9-46-17-26(37)18-46)28(14-30(47)48)34(39,40)41/h3-7,10-14,16,26,32H,8-9,15,17-18H2,1-2H3,(H,45,49). The lowest BCUT2D eigenvalue weighted by atomic mass is 9.94. The summed E-state index contributed by atoms with van der Waals surface area (Å²) in [6, 6.07) is 11.8. The second-order valence-corrected chi connectivity index (χ2v) is 13.0. The molecule has 4 aromatic rings. The monoisotopic (exact) mass is 755 g/mol. The summed E-state index contributed by atoms with van der Waals surface area (Å²) < 4.78 is 114. The topological polar surface area (TPSA) is 54.3 Å². The van der Waals surface area contributed by atoms with Gasteiger partial charge in [-0.2, -0.15) is 26.3 Å². The van der Waals surface area contributed by atoms with Crippen molar-refractivity contribution >= 4 is 21.8 Å². The van der Waals surface area contributed by atoms with Crippen LogP contribution in [0.15, 0.2) is 76.1 Å². The van der Waals surface area contributed by atoms with E-state index in [0.717, 1.165) is 16.3 Å². The summed E-state index contributed by atoms with van der Waals surface area (Å²) in [6.45, 7) is 2.94. The molecule has 1 amide bonds. The van der Waals surface area contributed by atoms with Crippen molar-refractivity contribution in [2.45, 2.75) is 51.4 Å². The van der Waals surface area contributed by atoms with E-state index in [0.29, 0.717) is 27.7 Å². The molecular formula is C35H30BrF8N3O2. The summed E-state index contributed by atoms with van der Waals surface area (Å²) in [4.78, 5) is 28.7. The summed E-state index contributed by atoms with van der Waals surface area (Å²) in [7, 11) is 0. The van der Waals surface area contributed by atoms with Crippen molar-refractivity contribution in [3.63, 3.8) is 0 Å². The van der Waals surface area contributed by atoms with Gasteiger partial charge in [0.05, 0.1) is 11.1 Å². The van der Waals surface area contributed by atoms with E-state index >= 15 is 4.39 Å². The molecule has 3 aromatic carbocycles. The highest BCUT2D eigenvalue weighted by atomic mass is 79.9. The summed E-state index contributed by atoms with van der Waals surface area (Å²) in [6.07, 6.45) is -10.4. The molecule has 1 aliphatic heterocycles. The Balaban J connectivity index is 1.55. The fraction of sp³-hybridized carbons (Fsp3) is 0.314. The molecular weight excluding hydrogens is 726 g/mol. The number of likely N-dealkylation sites (tertiary alicyclic amines) is 1. The number of hydrogen-bond acceptors (Lipinski definition) is 3. The molecule has 5 nitrogen and oxygen atoms in total. The third kappa shape index (κ3) is 8.23. The van der Waals surface area contributed by atoms with Crippen LogP contribution < -0.4 is 10.9 Å². The molecule has 1 saturated heterocycles. The SMILES string of the molecule is Cc1ccc(-c2cc(CNC(=O)C(c3cccc(Br)c3)n3cc(CCN4CC(F)C4)c(C(F)(F)F)cc3=O)c(F)c(C(F)(F)F)c2)c(C)c1. The molecule has 1 aromatic heterocycles. The van der Waals surface area contributed by atoms with Crippen LogP contribution in [0.3, 0.4) is 0 Å². The molecule has 0 saturated carbocycles. The van der Waals surface area contributed by atoms with E-state index < -0.39 is 65.1 Å². The number of nitrogens with zero attached hydrogens (tertiary/aromatic N) is 2. The van der Waals surface area contributed by atoms with E-state index in [-0.39, 0.29) is 42.7 Å². The molecule has 49 heavy (non-hydrogen) atoms. The number of aromatic nitrogens is 1. The Hall–Kier alpha value is -4.04. The first-order valence-electron chi connectivity index (χ1n) is 15.1. The van der Waals surface area contributed by atoms with Crippen LogP contribution in [0.5, 0.6) is 0 Å². The molecule has 260 valence electrons. The summed E-state index contributed by atoms with van der Waals surface area (Å²) in [5.74, 6) is -2.59. The summed E-state index contributed by atoms with van der Waals surface area (Å²) in [5.41, 5.74) is -2.59.